The first-order valence-electron chi connectivity index (χ1n) is 11.3. The van der Waals surface area contributed by atoms with Crippen LogP contribution in [0, 0.1) is 11.8 Å². The van der Waals surface area contributed by atoms with Crippen molar-refractivity contribution in [1.29, 1.82) is 0 Å². The molecule has 2 unspecified atom stereocenters. The zero-order valence-corrected chi connectivity index (χ0v) is 23.6. The Morgan fingerprint density at radius 2 is 0.968 bits per heavy atom. The van der Waals surface area contributed by atoms with Gasteiger partial charge in [-0.25, -0.2) is 0 Å². The van der Waals surface area contributed by atoms with E-state index in [1.165, 1.54) is 39.5 Å². The van der Waals surface area contributed by atoms with Crippen LogP contribution >= 0.6 is 0 Å². The summed E-state index contributed by atoms with van der Waals surface area (Å²) < 4.78 is 3.33. The van der Waals surface area contributed by atoms with Crippen LogP contribution in [0.1, 0.15) is 91.9 Å². The van der Waals surface area contributed by atoms with E-state index < -0.39 is 35.7 Å². The number of hydrogen-bond acceptors (Lipinski definition) is 8. The van der Waals surface area contributed by atoms with Gasteiger partial charge in [0.15, 0.2) is 0 Å². The number of hydrogen-bond donors (Lipinski definition) is 0. The van der Waals surface area contributed by atoms with Gasteiger partial charge < -0.3 is 39.6 Å². The van der Waals surface area contributed by atoms with Crippen molar-refractivity contribution < 1.29 is 39.6 Å². The van der Waals surface area contributed by atoms with Crippen molar-refractivity contribution in [3.63, 3.8) is 0 Å². The molecule has 0 fully saturated rings. The minimum absolute atomic E-state index is 0.0857. The van der Waals surface area contributed by atoms with E-state index in [9.17, 15) is 39.6 Å². The molecule has 0 saturated heterocycles. The molecule has 9 heteroatoms. The maximum absolute atomic E-state index is 10.1. The van der Waals surface area contributed by atoms with E-state index in [0.29, 0.717) is 25.7 Å². The molecule has 0 saturated carbocycles. The van der Waals surface area contributed by atoms with Crippen LogP contribution in [0.5, 0.6) is 0 Å². The summed E-state index contributed by atoms with van der Waals surface area (Å²) in [5.41, 5.74) is 0. The van der Waals surface area contributed by atoms with Crippen LogP contribution in [0.2, 0.25) is 8.87 Å². The van der Waals surface area contributed by atoms with Gasteiger partial charge in [0.05, 0.1) is 0 Å². The molecule has 180 valence electrons. The normalized spacial score (nSPS) is 11.7. The van der Waals surface area contributed by atoms with E-state index in [1.54, 1.807) is 8.87 Å². The molecule has 0 aliphatic rings. The maximum atomic E-state index is 10.1. The summed E-state index contributed by atoms with van der Waals surface area (Å²) in [4.78, 5) is 40.0. The van der Waals surface area contributed by atoms with Gasteiger partial charge in [-0.2, -0.15) is 0 Å². The van der Waals surface area contributed by atoms with Gasteiger partial charge in [-0.15, -0.1) is 0 Å². The van der Waals surface area contributed by atoms with E-state index in [-0.39, 0.29) is 34.0 Å². The van der Waals surface area contributed by atoms with Crippen LogP contribution < -0.4 is 20.4 Å². The minimum atomic E-state index is -1.14. The van der Waals surface area contributed by atoms with E-state index in [2.05, 4.69) is 13.8 Å². The SMILES string of the molecule is CC(CCCC(=O)[O-])C(=O)[O-].CC(CCCC(=O)[O-])C(=O)[O-].CCC[CH2][SnH2+4][CH2]CCC. The van der Waals surface area contributed by atoms with E-state index in [1.807, 2.05) is 0 Å². The van der Waals surface area contributed by atoms with Crippen LogP contribution in [0.4, 0.5) is 0 Å². The summed E-state index contributed by atoms with van der Waals surface area (Å²) in [7, 11) is 0. The van der Waals surface area contributed by atoms with Crippen LogP contribution in [0.3, 0.4) is 0 Å². The molecule has 0 N–H and O–H groups in total. The summed E-state index contributed by atoms with van der Waals surface area (Å²) >= 11 is -0.159. The van der Waals surface area contributed by atoms with Gasteiger partial charge in [0.2, 0.25) is 0 Å². The zero-order valence-electron chi connectivity index (χ0n) is 19.6. The van der Waals surface area contributed by atoms with Gasteiger partial charge >= 0.3 is 69.5 Å². The van der Waals surface area contributed by atoms with Crippen molar-refractivity contribution in [2.24, 2.45) is 11.8 Å². The van der Waals surface area contributed by atoms with Gasteiger partial charge in [-0.3, -0.25) is 0 Å². The first-order chi connectivity index (χ1) is 14.5. The van der Waals surface area contributed by atoms with Crippen molar-refractivity contribution in [2.75, 3.05) is 0 Å². The molecule has 0 rings (SSSR count). The first-order valence-corrected chi connectivity index (χ1v) is 17.0. The number of carboxylic acid groups (broad SMARTS) is 4. The third kappa shape index (κ3) is 33.5. The second-order valence-corrected chi connectivity index (χ2v) is 13.8. The fourth-order valence-corrected chi connectivity index (χ4v) is 8.25. The molecule has 0 aromatic heterocycles. The number of carbonyl (C=O) groups excluding carboxylic acids is 4. The Labute approximate surface area is 197 Å². The number of aliphatic carboxylic acids is 4. The summed E-state index contributed by atoms with van der Waals surface area (Å²) in [5, 5.41) is 40.0. The Hall–Kier alpha value is -1.32. The van der Waals surface area contributed by atoms with Crippen molar-refractivity contribution in [3.05, 3.63) is 0 Å². The van der Waals surface area contributed by atoms with E-state index >= 15 is 0 Å². The zero-order chi connectivity index (χ0) is 24.7. The Morgan fingerprint density at radius 3 is 1.19 bits per heavy atom. The molecule has 0 heterocycles. The molecular formula is C22H40O8Sn. The number of carbonyl (C=O) groups is 4. The number of rotatable bonds is 16. The molecule has 0 aromatic rings. The molecule has 2 atom stereocenters. The van der Waals surface area contributed by atoms with Gasteiger partial charge in [0.1, 0.15) is 0 Å². The molecule has 0 amide bonds. The predicted octanol–water partition coefficient (Wildman–Crippen LogP) is -0.823. The Kier molecular flexibility index (Phi) is 27.6. The fraction of sp³-hybridized carbons (Fsp3) is 0.818. The topological polar surface area (TPSA) is 161 Å². The van der Waals surface area contributed by atoms with Crippen molar-refractivity contribution in [2.45, 2.75) is 101 Å². The van der Waals surface area contributed by atoms with Gasteiger partial charge in [0.25, 0.3) is 0 Å². The average molecular weight is 551 g/mol. The molecule has 0 spiro atoms. The van der Waals surface area contributed by atoms with Crippen LogP contribution in [0.25, 0.3) is 0 Å². The van der Waals surface area contributed by atoms with Gasteiger partial charge in [0, 0.05) is 23.9 Å². The second-order valence-electron chi connectivity index (χ2n) is 7.74. The predicted molar refractivity (Wildman–Crippen MR) is 114 cm³/mol. The van der Waals surface area contributed by atoms with Crippen molar-refractivity contribution >= 4 is 45.0 Å². The molecule has 0 aromatic carbocycles. The molecule has 31 heavy (non-hydrogen) atoms. The average Bonchev–Trinajstić information content (AvgIpc) is 2.68. The number of carboxylic acids is 4. The van der Waals surface area contributed by atoms with Crippen LogP contribution in [-0.2, 0) is 19.2 Å². The first kappa shape index (κ1) is 34.3. The second kappa shape index (κ2) is 24.9. The molecular weight excluding hydrogens is 511 g/mol. The van der Waals surface area contributed by atoms with Gasteiger partial charge in [-0.05, 0) is 50.4 Å². The number of unbranched alkanes of at least 4 members (excludes halogenated alkanes) is 2. The Morgan fingerprint density at radius 1 is 0.645 bits per heavy atom. The van der Waals surface area contributed by atoms with Crippen LogP contribution in [-0.4, -0.2) is 45.0 Å². The third-order valence-electron chi connectivity index (χ3n) is 4.55. The monoisotopic (exact) mass is 552 g/mol. The van der Waals surface area contributed by atoms with Gasteiger partial charge in [-0.1, -0.05) is 13.8 Å². The molecule has 0 aliphatic carbocycles. The summed E-state index contributed by atoms with van der Waals surface area (Å²) in [6, 6.07) is 0. The van der Waals surface area contributed by atoms with E-state index in [4.69, 9.17) is 0 Å². The summed E-state index contributed by atoms with van der Waals surface area (Å²) in [6.07, 6.45) is 7.04. The third-order valence-corrected chi connectivity index (χ3v) is 10.3. The summed E-state index contributed by atoms with van der Waals surface area (Å²) in [5.74, 6) is -5.71. The van der Waals surface area contributed by atoms with Crippen LogP contribution in [0.15, 0.2) is 0 Å². The Balaban J connectivity index is -0.000000382. The fourth-order valence-electron chi connectivity index (χ4n) is 2.37. The van der Waals surface area contributed by atoms with E-state index in [0.717, 1.165) is 0 Å². The Bertz CT molecular complexity index is 440. The van der Waals surface area contributed by atoms with Crippen molar-refractivity contribution in [3.8, 4) is 0 Å². The molecule has 0 aliphatic heterocycles. The molecule has 0 bridgehead atoms. The molecule has 4 radical (unpaired) electrons. The molecule has 8 nitrogen and oxygen atoms in total. The summed E-state index contributed by atoms with van der Waals surface area (Å²) in [6.45, 7) is 7.58. The standard InChI is InChI=1S/2C7H12O4.2C4H9.Sn.2H/c2*1-5(7(10)11)3-2-4-6(8)9;2*1-3-4-2;;;/h2*5H,2-4H2,1H3,(H,8,9)(H,10,11);2*1,3-4H2,2H3;;;/q;;;;+4;;/p-4. The van der Waals surface area contributed by atoms with Crippen molar-refractivity contribution in [1.82, 2.24) is 0 Å². The quantitative estimate of drug-likeness (QED) is 0.178.